The molecule has 3 N–H and O–H groups in total. The molecule has 1 saturated carbocycles. The van der Waals surface area contributed by atoms with E-state index >= 15 is 0 Å². The highest BCUT2D eigenvalue weighted by atomic mass is 19.1. The van der Waals surface area contributed by atoms with Crippen LogP contribution < -0.4 is 11.1 Å². The summed E-state index contributed by atoms with van der Waals surface area (Å²) < 4.78 is 31.8. The molecule has 2 rings (SSSR count). The van der Waals surface area contributed by atoms with Crippen LogP contribution in [0, 0.1) is 11.6 Å². The van der Waals surface area contributed by atoms with E-state index in [9.17, 15) is 8.78 Å². The average Bonchev–Trinajstić information content (AvgIpc) is 2.84. The third-order valence-electron chi connectivity index (χ3n) is 3.01. The number of nitrogens with one attached hydrogen (secondary N) is 1. The van der Waals surface area contributed by atoms with Crippen LogP contribution in [0.15, 0.2) is 6.07 Å². The molecule has 1 aromatic rings. The minimum Gasteiger partial charge on any atom is -0.381 e. The molecule has 0 unspecified atom stereocenters. The number of ether oxygens (including phenoxy) is 1. The Morgan fingerprint density at radius 3 is 2.78 bits per heavy atom. The molecule has 0 bridgehead atoms. The molecule has 18 heavy (non-hydrogen) atoms. The normalized spacial score (nSPS) is 16.1. The number of anilines is 2. The zero-order valence-electron chi connectivity index (χ0n) is 10.1. The Labute approximate surface area is 105 Å². The maximum absolute atomic E-state index is 13.3. The fraction of sp³-hybridized carbons (Fsp3) is 0.583. The molecule has 1 heterocycles. The van der Waals surface area contributed by atoms with E-state index < -0.39 is 11.6 Å². The van der Waals surface area contributed by atoms with E-state index in [-0.39, 0.29) is 11.6 Å². The van der Waals surface area contributed by atoms with E-state index in [1.54, 1.807) is 0 Å². The second-order valence-electron chi connectivity index (χ2n) is 4.39. The summed E-state index contributed by atoms with van der Waals surface area (Å²) in [6, 6.07) is 0.725. The molecule has 4 nitrogen and oxygen atoms in total. The van der Waals surface area contributed by atoms with Crippen LogP contribution in [0.1, 0.15) is 25.7 Å². The molecule has 0 saturated heterocycles. The van der Waals surface area contributed by atoms with E-state index in [0.717, 1.165) is 18.9 Å². The molecule has 6 heteroatoms. The number of hydrogen-bond donors (Lipinski definition) is 2. The number of rotatable bonds is 5. The van der Waals surface area contributed by atoms with Gasteiger partial charge in [-0.2, -0.15) is 0 Å². The minimum absolute atomic E-state index is 0.0380. The van der Waals surface area contributed by atoms with Crippen molar-refractivity contribution in [1.82, 2.24) is 4.98 Å². The second kappa shape index (κ2) is 5.95. The number of pyridine rings is 1. The summed E-state index contributed by atoms with van der Waals surface area (Å²) in [6.07, 6.45) is 4.93. The summed E-state index contributed by atoms with van der Waals surface area (Å²) in [5, 5.41) is 2.75. The van der Waals surface area contributed by atoms with Crippen LogP contribution in [-0.2, 0) is 4.74 Å². The van der Waals surface area contributed by atoms with Gasteiger partial charge >= 0.3 is 0 Å². The van der Waals surface area contributed by atoms with Crippen LogP contribution in [-0.4, -0.2) is 24.2 Å². The van der Waals surface area contributed by atoms with E-state index in [0.29, 0.717) is 19.3 Å². The Balaban J connectivity index is 1.77. The lowest BCUT2D eigenvalue weighted by Crippen LogP contribution is -2.17. The molecule has 0 radical (unpaired) electrons. The van der Waals surface area contributed by atoms with Gasteiger partial charge < -0.3 is 15.8 Å². The highest BCUT2D eigenvalue weighted by Gasteiger charge is 2.15. The van der Waals surface area contributed by atoms with Gasteiger partial charge in [0.1, 0.15) is 0 Å². The lowest BCUT2D eigenvalue weighted by Gasteiger charge is -2.12. The van der Waals surface area contributed by atoms with Gasteiger partial charge in [-0.1, -0.05) is 12.8 Å². The highest BCUT2D eigenvalue weighted by molar-refractivity contribution is 5.44. The standard InChI is InChI=1S/C12H17F2N3O/c13-9-7-10(14)12(17-11(9)15)16-5-6-18-8-3-1-2-4-8/h7-8H,1-6H2,(H3,15,16,17). The van der Waals surface area contributed by atoms with Gasteiger partial charge in [0.15, 0.2) is 23.3 Å². The number of halogens is 2. The van der Waals surface area contributed by atoms with Crippen molar-refractivity contribution in [3.63, 3.8) is 0 Å². The Morgan fingerprint density at radius 1 is 1.33 bits per heavy atom. The summed E-state index contributed by atoms with van der Waals surface area (Å²) in [5.74, 6) is -1.94. The fourth-order valence-corrected chi connectivity index (χ4v) is 2.05. The Kier molecular flexibility index (Phi) is 4.30. The van der Waals surface area contributed by atoms with Crippen molar-refractivity contribution in [3.05, 3.63) is 17.7 Å². The summed E-state index contributed by atoms with van der Waals surface area (Å²) in [4.78, 5) is 3.60. The van der Waals surface area contributed by atoms with Gasteiger partial charge in [-0.05, 0) is 12.8 Å². The van der Waals surface area contributed by atoms with Crippen molar-refractivity contribution in [3.8, 4) is 0 Å². The number of aromatic nitrogens is 1. The maximum Gasteiger partial charge on any atom is 0.168 e. The van der Waals surface area contributed by atoms with Crippen LogP contribution in [0.25, 0.3) is 0 Å². The summed E-state index contributed by atoms with van der Waals surface area (Å²) >= 11 is 0. The van der Waals surface area contributed by atoms with Gasteiger partial charge in [0, 0.05) is 12.6 Å². The molecular weight excluding hydrogens is 240 g/mol. The van der Waals surface area contributed by atoms with Gasteiger partial charge in [0.25, 0.3) is 0 Å². The van der Waals surface area contributed by atoms with Crippen LogP contribution in [0.4, 0.5) is 20.4 Å². The number of nitrogens with zero attached hydrogens (tertiary/aromatic N) is 1. The molecule has 0 amide bonds. The smallest absolute Gasteiger partial charge is 0.168 e. The largest absolute Gasteiger partial charge is 0.381 e. The Morgan fingerprint density at radius 2 is 2.06 bits per heavy atom. The predicted molar refractivity (Wildman–Crippen MR) is 65.3 cm³/mol. The average molecular weight is 257 g/mol. The van der Waals surface area contributed by atoms with Crippen LogP contribution in [0.2, 0.25) is 0 Å². The van der Waals surface area contributed by atoms with Gasteiger partial charge in [0.2, 0.25) is 0 Å². The topological polar surface area (TPSA) is 60.2 Å². The monoisotopic (exact) mass is 257 g/mol. The van der Waals surface area contributed by atoms with Crippen LogP contribution >= 0.6 is 0 Å². The van der Waals surface area contributed by atoms with Crippen LogP contribution in [0.3, 0.4) is 0 Å². The highest BCUT2D eigenvalue weighted by Crippen LogP contribution is 2.21. The summed E-state index contributed by atoms with van der Waals surface area (Å²) in [6.45, 7) is 0.897. The van der Waals surface area contributed by atoms with Crippen molar-refractivity contribution in [1.29, 1.82) is 0 Å². The Hall–Kier alpha value is -1.43. The molecular formula is C12H17F2N3O. The van der Waals surface area contributed by atoms with Crippen molar-refractivity contribution in [2.24, 2.45) is 0 Å². The first kappa shape index (κ1) is 13.0. The minimum atomic E-state index is -0.847. The molecule has 1 aliphatic rings. The van der Waals surface area contributed by atoms with E-state index in [1.165, 1.54) is 12.8 Å². The second-order valence-corrected chi connectivity index (χ2v) is 4.39. The first-order chi connectivity index (χ1) is 8.66. The lowest BCUT2D eigenvalue weighted by molar-refractivity contribution is 0.0658. The predicted octanol–water partition coefficient (Wildman–Crippen LogP) is 2.31. The zero-order chi connectivity index (χ0) is 13.0. The number of nitrogen functional groups attached to an aromatic ring is 1. The van der Waals surface area contributed by atoms with E-state index in [1.807, 2.05) is 0 Å². The first-order valence-electron chi connectivity index (χ1n) is 6.14. The van der Waals surface area contributed by atoms with Crippen molar-refractivity contribution >= 4 is 11.6 Å². The quantitative estimate of drug-likeness (QED) is 0.795. The van der Waals surface area contributed by atoms with Crippen molar-refractivity contribution < 1.29 is 13.5 Å². The fourth-order valence-electron chi connectivity index (χ4n) is 2.05. The Bertz CT molecular complexity index is 409. The lowest BCUT2D eigenvalue weighted by atomic mass is 10.3. The molecule has 0 aromatic carbocycles. The van der Waals surface area contributed by atoms with Gasteiger partial charge in [0.05, 0.1) is 12.7 Å². The third-order valence-corrected chi connectivity index (χ3v) is 3.01. The van der Waals surface area contributed by atoms with Gasteiger partial charge in [-0.3, -0.25) is 0 Å². The molecule has 0 aliphatic heterocycles. The molecule has 1 aromatic heterocycles. The van der Waals surface area contributed by atoms with Crippen molar-refractivity contribution in [2.75, 3.05) is 24.2 Å². The van der Waals surface area contributed by atoms with E-state index in [4.69, 9.17) is 10.5 Å². The zero-order valence-corrected chi connectivity index (χ0v) is 10.1. The van der Waals surface area contributed by atoms with Gasteiger partial charge in [-0.25, -0.2) is 13.8 Å². The summed E-state index contributed by atoms with van der Waals surface area (Å²) in [7, 11) is 0. The van der Waals surface area contributed by atoms with Crippen molar-refractivity contribution in [2.45, 2.75) is 31.8 Å². The summed E-state index contributed by atoms with van der Waals surface area (Å²) in [5.41, 5.74) is 5.27. The number of nitrogens with two attached hydrogens (primary N) is 1. The molecule has 1 fully saturated rings. The third kappa shape index (κ3) is 3.29. The molecule has 1 aliphatic carbocycles. The van der Waals surface area contributed by atoms with Crippen LogP contribution in [0.5, 0.6) is 0 Å². The maximum atomic E-state index is 13.3. The number of hydrogen-bond acceptors (Lipinski definition) is 4. The van der Waals surface area contributed by atoms with Gasteiger partial charge in [-0.15, -0.1) is 0 Å². The molecule has 0 atom stereocenters. The molecule has 100 valence electrons. The van der Waals surface area contributed by atoms with E-state index in [2.05, 4.69) is 10.3 Å². The first-order valence-corrected chi connectivity index (χ1v) is 6.14. The SMILES string of the molecule is Nc1nc(NCCOC2CCCC2)c(F)cc1F. The molecule has 0 spiro atoms.